The first-order valence-electron chi connectivity index (χ1n) is 5.56. The van der Waals surface area contributed by atoms with Gasteiger partial charge in [-0.25, -0.2) is 9.37 Å². The highest BCUT2D eigenvalue weighted by Gasteiger charge is 2.34. The maximum absolute atomic E-state index is 13.3. The third-order valence-corrected chi connectivity index (χ3v) is 2.64. The van der Waals surface area contributed by atoms with Crippen LogP contribution in [0.25, 0.3) is 0 Å². The molecule has 21 heavy (non-hydrogen) atoms. The van der Waals surface area contributed by atoms with Crippen molar-refractivity contribution >= 4 is 17.5 Å². The van der Waals surface area contributed by atoms with Gasteiger partial charge in [0.25, 0.3) is 0 Å². The van der Waals surface area contributed by atoms with Crippen LogP contribution in [0.3, 0.4) is 0 Å². The SMILES string of the molecule is CNc1nc(Oc2ccc(Cl)c(F)c2)cc(C(F)(F)F)n1. The molecule has 9 heteroatoms. The number of hydrogen-bond acceptors (Lipinski definition) is 4. The number of halogens is 5. The molecule has 0 saturated carbocycles. The van der Waals surface area contributed by atoms with Gasteiger partial charge < -0.3 is 10.1 Å². The van der Waals surface area contributed by atoms with Gasteiger partial charge in [0.05, 0.1) is 5.02 Å². The molecule has 1 heterocycles. The number of alkyl halides is 3. The van der Waals surface area contributed by atoms with E-state index in [9.17, 15) is 17.6 Å². The Morgan fingerprint density at radius 3 is 2.48 bits per heavy atom. The second-order valence-electron chi connectivity index (χ2n) is 3.84. The van der Waals surface area contributed by atoms with Crippen molar-refractivity contribution in [3.63, 3.8) is 0 Å². The lowest BCUT2D eigenvalue weighted by atomic mass is 10.3. The van der Waals surface area contributed by atoms with Crippen molar-refractivity contribution in [3.8, 4) is 11.6 Å². The van der Waals surface area contributed by atoms with Crippen LogP contribution in [0.15, 0.2) is 24.3 Å². The number of anilines is 1. The molecule has 2 rings (SSSR count). The van der Waals surface area contributed by atoms with Crippen molar-refractivity contribution in [3.05, 3.63) is 40.8 Å². The summed E-state index contributed by atoms with van der Waals surface area (Å²) >= 11 is 5.50. The van der Waals surface area contributed by atoms with Crippen molar-refractivity contribution in [2.24, 2.45) is 0 Å². The number of rotatable bonds is 3. The van der Waals surface area contributed by atoms with Gasteiger partial charge in [-0.1, -0.05) is 11.6 Å². The molecule has 0 fully saturated rings. The zero-order valence-corrected chi connectivity index (χ0v) is 11.3. The fraction of sp³-hybridized carbons (Fsp3) is 0.167. The smallest absolute Gasteiger partial charge is 0.433 e. The number of ether oxygens (including phenoxy) is 1. The van der Waals surface area contributed by atoms with E-state index in [4.69, 9.17) is 16.3 Å². The number of hydrogen-bond donors (Lipinski definition) is 1. The van der Waals surface area contributed by atoms with E-state index in [0.717, 1.165) is 6.07 Å². The lowest BCUT2D eigenvalue weighted by Crippen LogP contribution is -2.11. The summed E-state index contributed by atoms with van der Waals surface area (Å²) in [5.41, 5.74) is -1.17. The number of benzene rings is 1. The van der Waals surface area contributed by atoms with Crippen molar-refractivity contribution in [2.45, 2.75) is 6.18 Å². The summed E-state index contributed by atoms with van der Waals surface area (Å²) in [6, 6.07) is 4.08. The van der Waals surface area contributed by atoms with Crippen LogP contribution in [-0.4, -0.2) is 17.0 Å². The van der Waals surface area contributed by atoms with Crippen LogP contribution in [0, 0.1) is 5.82 Å². The number of nitrogens with zero attached hydrogens (tertiary/aromatic N) is 2. The molecule has 0 amide bonds. The van der Waals surface area contributed by atoms with Crippen LogP contribution in [-0.2, 0) is 6.18 Å². The van der Waals surface area contributed by atoms with Gasteiger partial charge in [-0.15, -0.1) is 0 Å². The number of aromatic nitrogens is 2. The van der Waals surface area contributed by atoms with Crippen LogP contribution < -0.4 is 10.1 Å². The summed E-state index contributed by atoms with van der Waals surface area (Å²) < 4.78 is 56.4. The molecular weight excluding hydrogens is 314 g/mol. The fourth-order valence-electron chi connectivity index (χ4n) is 1.40. The first-order chi connectivity index (χ1) is 9.79. The quantitative estimate of drug-likeness (QED) is 0.864. The van der Waals surface area contributed by atoms with Crippen LogP contribution in [0.5, 0.6) is 11.6 Å². The predicted molar refractivity (Wildman–Crippen MR) is 68.1 cm³/mol. The van der Waals surface area contributed by atoms with Gasteiger partial charge in [-0.3, -0.25) is 0 Å². The van der Waals surface area contributed by atoms with Crippen molar-refractivity contribution in [1.82, 2.24) is 9.97 Å². The average molecular weight is 322 g/mol. The second kappa shape index (κ2) is 5.72. The molecule has 1 N–H and O–H groups in total. The molecule has 0 aliphatic rings. The van der Waals surface area contributed by atoms with Gasteiger partial charge in [0.2, 0.25) is 11.8 Å². The van der Waals surface area contributed by atoms with Gasteiger partial charge in [-0.05, 0) is 12.1 Å². The van der Waals surface area contributed by atoms with Gasteiger partial charge in [0.1, 0.15) is 11.6 Å². The summed E-state index contributed by atoms with van der Waals surface area (Å²) in [6.07, 6.45) is -4.65. The fourth-order valence-corrected chi connectivity index (χ4v) is 1.51. The van der Waals surface area contributed by atoms with E-state index < -0.39 is 17.7 Å². The Hall–Kier alpha value is -2.09. The second-order valence-corrected chi connectivity index (χ2v) is 4.25. The van der Waals surface area contributed by atoms with Crippen LogP contribution in [0.2, 0.25) is 5.02 Å². The van der Waals surface area contributed by atoms with Gasteiger partial charge in [-0.2, -0.15) is 18.2 Å². The molecule has 112 valence electrons. The normalized spacial score (nSPS) is 11.3. The van der Waals surface area contributed by atoms with Gasteiger partial charge >= 0.3 is 6.18 Å². The maximum atomic E-state index is 13.3. The molecule has 0 unspecified atom stereocenters. The van der Waals surface area contributed by atoms with E-state index in [1.807, 2.05) is 0 Å². The third kappa shape index (κ3) is 3.72. The molecule has 0 radical (unpaired) electrons. The van der Waals surface area contributed by atoms with E-state index in [1.54, 1.807) is 0 Å². The summed E-state index contributed by atoms with van der Waals surface area (Å²) in [6.45, 7) is 0. The molecule has 0 saturated heterocycles. The molecular formula is C12H8ClF4N3O. The lowest BCUT2D eigenvalue weighted by Gasteiger charge is -2.11. The molecule has 0 aliphatic heterocycles. The van der Waals surface area contributed by atoms with Crippen LogP contribution in [0.4, 0.5) is 23.5 Å². The van der Waals surface area contributed by atoms with E-state index in [1.165, 1.54) is 19.2 Å². The first-order valence-corrected chi connectivity index (χ1v) is 5.94. The van der Waals surface area contributed by atoms with E-state index in [0.29, 0.717) is 6.07 Å². The van der Waals surface area contributed by atoms with E-state index >= 15 is 0 Å². The van der Waals surface area contributed by atoms with Crippen molar-refractivity contribution in [2.75, 3.05) is 12.4 Å². The summed E-state index contributed by atoms with van der Waals surface area (Å²) in [4.78, 5) is 6.99. The molecule has 4 nitrogen and oxygen atoms in total. The Balaban J connectivity index is 2.36. The summed E-state index contributed by atoms with van der Waals surface area (Å²) in [7, 11) is 1.36. The standard InChI is InChI=1S/C12H8ClF4N3O/c1-18-11-19-9(12(15,16)17)5-10(20-11)21-6-2-3-7(13)8(14)4-6/h2-5H,1H3,(H,18,19,20). The van der Waals surface area contributed by atoms with Crippen molar-refractivity contribution in [1.29, 1.82) is 0 Å². The first kappa shape index (κ1) is 15.3. The molecule has 2 aromatic rings. The molecule has 0 spiro atoms. The highest BCUT2D eigenvalue weighted by atomic mass is 35.5. The minimum absolute atomic E-state index is 0.0363. The summed E-state index contributed by atoms with van der Waals surface area (Å²) in [5, 5.41) is 2.26. The number of nitrogens with one attached hydrogen (secondary N) is 1. The Morgan fingerprint density at radius 1 is 1.19 bits per heavy atom. The molecule has 0 aliphatic carbocycles. The van der Waals surface area contributed by atoms with Gasteiger partial charge in [0, 0.05) is 19.2 Å². The largest absolute Gasteiger partial charge is 0.439 e. The zero-order valence-electron chi connectivity index (χ0n) is 10.5. The highest BCUT2D eigenvalue weighted by Crippen LogP contribution is 2.32. The zero-order chi connectivity index (χ0) is 15.6. The van der Waals surface area contributed by atoms with Gasteiger partial charge in [0.15, 0.2) is 5.69 Å². The monoisotopic (exact) mass is 321 g/mol. The van der Waals surface area contributed by atoms with Crippen LogP contribution in [0.1, 0.15) is 5.69 Å². The Labute approximate surface area is 121 Å². The Morgan fingerprint density at radius 2 is 1.90 bits per heavy atom. The predicted octanol–water partition coefficient (Wildman–Crippen LogP) is 4.12. The maximum Gasteiger partial charge on any atom is 0.433 e. The minimum atomic E-state index is -4.65. The topological polar surface area (TPSA) is 47.0 Å². The Bertz CT molecular complexity index is 663. The lowest BCUT2D eigenvalue weighted by molar-refractivity contribution is -0.141. The van der Waals surface area contributed by atoms with Crippen molar-refractivity contribution < 1.29 is 22.3 Å². The van der Waals surface area contributed by atoms with Crippen LogP contribution >= 0.6 is 11.6 Å². The molecule has 0 atom stereocenters. The third-order valence-electron chi connectivity index (χ3n) is 2.33. The minimum Gasteiger partial charge on any atom is -0.439 e. The molecule has 1 aromatic carbocycles. The summed E-state index contributed by atoms with van der Waals surface area (Å²) in [5.74, 6) is -1.43. The highest BCUT2D eigenvalue weighted by molar-refractivity contribution is 6.30. The molecule has 1 aromatic heterocycles. The Kier molecular flexibility index (Phi) is 4.17. The molecule has 0 bridgehead atoms. The van der Waals surface area contributed by atoms with E-state index in [2.05, 4.69) is 15.3 Å². The van der Waals surface area contributed by atoms with E-state index in [-0.39, 0.29) is 22.6 Å². The average Bonchev–Trinajstić information content (AvgIpc) is 2.41.